The van der Waals surface area contributed by atoms with E-state index in [4.69, 9.17) is 0 Å². The average Bonchev–Trinajstić information content (AvgIpc) is 2.69. The fraction of sp³-hybridized carbons (Fsp3) is 0.429. The van der Waals surface area contributed by atoms with Gasteiger partial charge >= 0.3 is 0 Å². The summed E-state index contributed by atoms with van der Waals surface area (Å²) in [5, 5.41) is 1.12. The molecule has 18 heavy (non-hydrogen) atoms. The Hall–Kier alpha value is -1.84. The van der Waals surface area contributed by atoms with Gasteiger partial charge in [0.1, 0.15) is 11.3 Å². The summed E-state index contributed by atoms with van der Waals surface area (Å²) in [5.41, 5.74) is 2.90. The molecule has 0 N–H and O–H groups in total. The molecule has 2 aromatic rings. The van der Waals surface area contributed by atoms with Crippen LogP contribution in [0.3, 0.4) is 0 Å². The highest BCUT2D eigenvalue weighted by atomic mass is 16.2. The van der Waals surface area contributed by atoms with Gasteiger partial charge in [-0.25, -0.2) is 4.98 Å². The number of fused-ring (bicyclic) bond motifs is 3. The number of rotatable bonds is 1. The van der Waals surface area contributed by atoms with Gasteiger partial charge < -0.3 is 9.47 Å². The van der Waals surface area contributed by atoms with E-state index in [1.165, 1.54) is 0 Å². The van der Waals surface area contributed by atoms with Crippen molar-refractivity contribution in [3.05, 3.63) is 29.6 Å². The van der Waals surface area contributed by atoms with Gasteiger partial charge in [0.2, 0.25) is 0 Å². The highest BCUT2D eigenvalue weighted by Gasteiger charge is 2.30. The molecule has 0 unspecified atom stereocenters. The third kappa shape index (κ3) is 1.38. The van der Waals surface area contributed by atoms with Crippen molar-refractivity contribution in [2.45, 2.75) is 26.3 Å². The Kier molecular flexibility index (Phi) is 2.40. The van der Waals surface area contributed by atoms with E-state index in [1.54, 1.807) is 11.1 Å². The molecule has 2 aromatic heterocycles. The Morgan fingerprint density at radius 1 is 1.33 bits per heavy atom. The SMILES string of the molecule is CC(C)c1c2n(c3ncccc13)CCN(C)C2=O. The second-order valence-electron chi connectivity index (χ2n) is 5.17. The molecule has 4 heteroatoms. The van der Waals surface area contributed by atoms with Gasteiger partial charge in [-0.1, -0.05) is 13.8 Å². The van der Waals surface area contributed by atoms with E-state index in [1.807, 2.05) is 13.1 Å². The smallest absolute Gasteiger partial charge is 0.270 e. The first-order valence-electron chi connectivity index (χ1n) is 6.34. The summed E-state index contributed by atoms with van der Waals surface area (Å²) in [6.45, 7) is 5.84. The molecule has 1 aliphatic rings. The lowest BCUT2D eigenvalue weighted by atomic mass is 9.99. The van der Waals surface area contributed by atoms with E-state index in [-0.39, 0.29) is 5.91 Å². The monoisotopic (exact) mass is 243 g/mol. The van der Waals surface area contributed by atoms with Crippen LogP contribution >= 0.6 is 0 Å². The van der Waals surface area contributed by atoms with Crippen LogP contribution in [-0.2, 0) is 6.54 Å². The maximum absolute atomic E-state index is 12.4. The summed E-state index contributed by atoms with van der Waals surface area (Å²) in [6.07, 6.45) is 1.79. The molecule has 0 saturated carbocycles. The molecule has 0 fully saturated rings. The number of pyridine rings is 1. The number of amides is 1. The van der Waals surface area contributed by atoms with Crippen LogP contribution in [0.1, 0.15) is 35.8 Å². The molecule has 0 spiro atoms. The minimum atomic E-state index is 0.114. The van der Waals surface area contributed by atoms with Gasteiger partial charge in [-0.2, -0.15) is 0 Å². The summed E-state index contributed by atoms with van der Waals surface area (Å²) in [4.78, 5) is 18.6. The molecule has 1 aliphatic heterocycles. The van der Waals surface area contributed by atoms with E-state index < -0.39 is 0 Å². The van der Waals surface area contributed by atoms with Crippen molar-refractivity contribution in [2.24, 2.45) is 0 Å². The Morgan fingerprint density at radius 2 is 2.11 bits per heavy atom. The molecule has 1 amide bonds. The van der Waals surface area contributed by atoms with Crippen molar-refractivity contribution < 1.29 is 4.79 Å². The third-order valence-electron chi connectivity index (χ3n) is 3.64. The van der Waals surface area contributed by atoms with Crippen LogP contribution in [0.2, 0.25) is 0 Å². The van der Waals surface area contributed by atoms with Gasteiger partial charge in [0.05, 0.1) is 0 Å². The largest absolute Gasteiger partial charge is 0.339 e. The van der Waals surface area contributed by atoms with Gasteiger partial charge in [-0.3, -0.25) is 4.79 Å². The van der Waals surface area contributed by atoms with Crippen LogP contribution < -0.4 is 0 Å². The average molecular weight is 243 g/mol. The highest BCUT2D eigenvalue weighted by molar-refractivity contribution is 6.01. The van der Waals surface area contributed by atoms with E-state index in [0.29, 0.717) is 5.92 Å². The number of likely N-dealkylation sites (N-methyl/N-ethyl adjacent to an activating group) is 1. The first-order chi connectivity index (χ1) is 8.61. The quantitative estimate of drug-likeness (QED) is 0.770. The molecule has 4 nitrogen and oxygen atoms in total. The molecular weight excluding hydrogens is 226 g/mol. The molecule has 3 heterocycles. The second-order valence-corrected chi connectivity index (χ2v) is 5.17. The summed E-state index contributed by atoms with van der Waals surface area (Å²) in [7, 11) is 1.86. The molecular formula is C14H17N3O. The lowest BCUT2D eigenvalue weighted by Crippen LogP contribution is -2.37. The van der Waals surface area contributed by atoms with Crippen LogP contribution in [0.5, 0.6) is 0 Å². The first kappa shape index (κ1) is 11.3. The summed E-state index contributed by atoms with van der Waals surface area (Å²) < 4.78 is 2.08. The number of hydrogen-bond acceptors (Lipinski definition) is 2. The lowest BCUT2D eigenvalue weighted by molar-refractivity contribution is 0.0749. The van der Waals surface area contributed by atoms with Crippen molar-refractivity contribution in [1.29, 1.82) is 0 Å². The molecule has 0 radical (unpaired) electrons. The van der Waals surface area contributed by atoms with Crippen LogP contribution in [0.25, 0.3) is 11.0 Å². The number of nitrogens with zero attached hydrogens (tertiary/aromatic N) is 3. The van der Waals surface area contributed by atoms with E-state index in [0.717, 1.165) is 35.4 Å². The maximum Gasteiger partial charge on any atom is 0.270 e. The number of aromatic nitrogens is 2. The van der Waals surface area contributed by atoms with Crippen molar-refractivity contribution in [1.82, 2.24) is 14.5 Å². The second kappa shape index (κ2) is 3.83. The zero-order valence-corrected chi connectivity index (χ0v) is 11.0. The molecule has 0 aromatic carbocycles. The van der Waals surface area contributed by atoms with Gasteiger partial charge in [-0.05, 0) is 23.6 Å². The van der Waals surface area contributed by atoms with Crippen LogP contribution in [0.4, 0.5) is 0 Å². The van der Waals surface area contributed by atoms with Crippen LogP contribution in [0.15, 0.2) is 18.3 Å². The zero-order valence-electron chi connectivity index (χ0n) is 11.0. The van der Waals surface area contributed by atoms with Gasteiger partial charge in [0.15, 0.2) is 0 Å². The zero-order chi connectivity index (χ0) is 12.9. The van der Waals surface area contributed by atoms with E-state index in [2.05, 4.69) is 29.5 Å². The fourth-order valence-corrected chi connectivity index (χ4v) is 2.77. The number of hydrogen-bond donors (Lipinski definition) is 0. The van der Waals surface area contributed by atoms with Crippen molar-refractivity contribution in [3.63, 3.8) is 0 Å². The predicted octanol–water partition coefficient (Wildman–Crippen LogP) is 2.25. The molecule has 0 saturated heterocycles. The van der Waals surface area contributed by atoms with Gasteiger partial charge in [0.25, 0.3) is 5.91 Å². The van der Waals surface area contributed by atoms with Crippen LogP contribution in [0, 0.1) is 0 Å². The van der Waals surface area contributed by atoms with Crippen molar-refractivity contribution >= 4 is 16.9 Å². The predicted molar refractivity (Wildman–Crippen MR) is 70.8 cm³/mol. The minimum Gasteiger partial charge on any atom is -0.339 e. The Bertz CT molecular complexity index is 627. The normalized spacial score (nSPS) is 15.6. The molecule has 94 valence electrons. The minimum absolute atomic E-state index is 0.114. The highest BCUT2D eigenvalue weighted by Crippen LogP contribution is 2.33. The molecule has 0 bridgehead atoms. The number of carbonyl (C=O) groups excluding carboxylic acids is 1. The summed E-state index contributed by atoms with van der Waals surface area (Å²) in [6, 6.07) is 4.00. The van der Waals surface area contributed by atoms with Gasteiger partial charge in [0, 0.05) is 31.7 Å². The standard InChI is InChI=1S/C14H17N3O/c1-9(2)11-10-5-4-6-15-13(10)17-8-7-16(3)14(18)12(11)17/h4-6,9H,7-8H2,1-3H3. The molecule has 0 atom stereocenters. The number of carbonyl (C=O) groups is 1. The van der Waals surface area contributed by atoms with Gasteiger partial charge in [-0.15, -0.1) is 0 Å². The van der Waals surface area contributed by atoms with E-state index in [9.17, 15) is 4.79 Å². The van der Waals surface area contributed by atoms with E-state index >= 15 is 0 Å². The Labute approximate surface area is 106 Å². The van der Waals surface area contributed by atoms with Crippen molar-refractivity contribution in [3.8, 4) is 0 Å². The third-order valence-corrected chi connectivity index (χ3v) is 3.64. The fourth-order valence-electron chi connectivity index (χ4n) is 2.77. The maximum atomic E-state index is 12.4. The Balaban J connectivity index is 2.40. The van der Waals surface area contributed by atoms with Crippen LogP contribution in [-0.4, -0.2) is 34.0 Å². The Morgan fingerprint density at radius 3 is 2.83 bits per heavy atom. The summed E-state index contributed by atoms with van der Waals surface area (Å²) >= 11 is 0. The summed E-state index contributed by atoms with van der Waals surface area (Å²) in [5.74, 6) is 0.436. The molecule has 3 rings (SSSR count). The first-order valence-corrected chi connectivity index (χ1v) is 6.34. The topological polar surface area (TPSA) is 38.1 Å². The van der Waals surface area contributed by atoms with Crippen molar-refractivity contribution in [2.75, 3.05) is 13.6 Å². The lowest BCUT2D eigenvalue weighted by Gasteiger charge is -2.26. The molecule has 0 aliphatic carbocycles.